The van der Waals surface area contributed by atoms with Gasteiger partial charge in [0.2, 0.25) is 15.8 Å². The molecule has 1 aliphatic rings. The van der Waals surface area contributed by atoms with Crippen LogP contribution in [0.4, 0.5) is 5.95 Å². The van der Waals surface area contributed by atoms with Crippen LogP contribution in [0.15, 0.2) is 40.1 Å². The number of H-pyrrole nitrogens is 2. The minimum atomic E-state index is -4.24. The van der Waals surface area contributed by atoms with Crippen molar-refractivity contribution in [3.63, 3.8) is 0 Å². The van der Waals surface area contributed by atoms with Gasteiger partial charge in [-0.2, -0.15) is 5.21 Å². The van der Waals surface area contributed by atoms with Crippen LogP contribution in [0.3, 0.4) is 0 Å². The highest BCUT2D eigenvalue weighted by molar-refractivity contribution is 7.98. The average molecular weight is 489 g/mol. The molecular weight excluding hydrogens is 468 g/mol. The van der Waals surface area contributed by atoms with Crippen molar-refractivity contribution in [3.8, 4) is 22.5 Å². The first kappa shape index (κ1) is 21.7. The Kier molecular flexibility index (Phi) is 5.51. The first-order valence-corrected chi connectivity index (χ1v) is 12.2. The van der Waals surface area contributed by atoms with E-state index in [1.807, 2.05) is 6.07 Å². The molecule has 2 aromatic carbocycles. The van der Waals surface area contributed by atoms with Crippen LogP contribution >= 0.6 is 11.9 Å². The van der Waals surface area contributed by atoms with Gasteiger partial charge in [-0.15, -0.1) is 10.2 Å². The number of aromatic nitrogens is 6. The second-order valence-corrected chi connectivity index (χ2v) is 9.85. The first-order valence-electron chi connectivity index (χ1n) is 9.82. The molecule has 0 spiro atoms. The second kappa shape index (κ2) is 8.36. The largest absolute Gasteiger partial charge is 0.390 e. The molecule has 0 bridgehead atoms. The van der Waals surface area contributed by atoms with Crippen molar-refractivity contribution < 1.29 is 13.5 Å². The van der Waals surface area contributed by atoms with Crippen molar-refractivity contribution in [1.82, 2.24) is 40.6 Å². The Morgan fingerprint density at radius 2 is 2.03 bits per heavy atom. The number of hydrogen-bond donors (Lipinski definition) is 7. The predicted molar refractivity (Wildman–Crippen MR) is 122 cm³/mol. The maximum absolute atomic E-state index is 12.8. The number of anilines is 1. The molecule has 172 valence electrons. The molecule has 2 atom stereocenters. The van der Waals surface area contributed by atoms with Gasteiger partial charge in [-0.1, -0.05) is 18.2 Å². The number of aromatic amines is 2. The third kappa shape index (κ3) is 4.05. The van der Waals surface area contributed by atoms with Crippen molar-refractivity contribution >= 4 is 39.0 Å². The molecule has 1 fully saturated rings. The fourth-order valence-electron chi connectivity index (χ4n) is 3.83. The molecule has 2 unspecified atom stereocenters. The maximum atomic E-state index is 12.8. The number of primary sulfonamides is 1. The van der Waals surface area contributed by atoms with E-state index in [2.05, 4.69) is 40.6 Å². The number of aliphatic hydroxyl groups excluding tert-OH is 1. The van der Waals surface area contributed by atoms with Crippen LogP contribution in [0.2, 0.25) is 0 Å². The summed E-state index contributed by atoms with van der Waals surface area (Å²) in [7, 11) is -4.24. The number of imidazole rings is 1. The molecule has 0 amide bonds. The van der Waals surface area contributed by atoms with Crippen LogP contribution in [-0.2, 0) is 10.0 Å². The van der Waals surface area contributed by atoms with E-state index in [-0.39, 0.29) is 28.3 Å². The number of sulfonamides is 1. The fourth-order valence-corrected chi connectivity index (χ4v) is 5.99. The molecule has 33 heavy (non-hydrogen) atoms. The number of aliphatic hydroxyl groups is 1. The van der Waals surface area contributed by atoms with Gasteiger partial charge in [0, 0.05) is 23.5 Å². The highest BCUT2D eigenvalue weighted by Crippen LogP contribution is 2.41. The molecule has 0 saturated carbocycles. The number of tetrazole rings is 1. The SMILES string of the molecule is Nc1nc2c(-c3ccc(SNC4CNCC4O)c(S(N)(=O)=O)c3-c3nn[nH]n3)cccc2[nH]1. The van der Waals surface area contributed by atoms with Gasteiger partial charge in [0.1, 0.15) is 4.90 Å². The van der Waals surface area contributed by atoms with Crippen LogP contribution in [-0.4, -0.2) is 69.4 Å². The minimum absolute atomic E-state index is 0.0551. The summed E-state index contributed by atoms with van der Waals surface area (Å²) in [6.45, 7) is 0.987. The van der Waals surface area contributed by atoms with Crippen molar-refractivity contribution in [1.29, 1.82) is 0 Å². The Morgan fingerprint density at radius 1 is 1.18 bits per heavy atom. The van der Waals surface area contributed by atoms with Crippen molar-refractivity contribution in [2.45, 2.75) is 21.9 Å². The van der Waals surface area contributed by atoms with Crippen molar-refractivity contribution in [3.05, 3.63) is 30.3 Å². The number of nitrogens with one attached hydrogen (secondary N) is 4. The Balaban J connectivity index is 1.72. The standard InChI is InChI=1S/C18H20N10O3S2/c19-18-22-10-3-1-2-9(15(10)23-18)8-4-5-13(32-26-11-6-21-7-12(11)29)16(33(20,30)31)14(8)17-24-27-28-25-17/h1-5,11-12,21,26,29H,6-7H2,(H3,19,22,23)(H2,20,30,31)(H,24,25,27,28). The molecule has 15 heteroatoms. The van der Waals surface area contributed by atoms with Gasteiger partial charge in [-0.05, 0) is 34.9 Å². The van der Waals surface area contributed by atoms with Crippen molar-refractivity contribution in [2.75, 3.05) is 18.8 Å². The summed E-state index contributed by atoms with van der Waals surface area (Å²) in [4.78, 5) is 7.47. The normalized spacial score (nSPS) is 18.8. The number of β-amino-alcohol motifs (C(OH)–C–C–N with tert-alkyl or cyclic N) is 1. The molecule has 1 saturated heterocycles. The van der Waals surface area contributed by atoms with Crippen LogP contribution in [0.25, 0.3) is 33.5 Å². The van der Waals surface area contributed by atoms with E-state index in [1.165, 1.54) is 0 Å². The zero-order valence-electron chi connectivity index (χ0n) is 17.0. The van der Waals surface area contributed by atoms with E-state index in [4.69, 9.17) is 10.9 Å². The van der Waals surface area contributed by atoms with E-state index < -0.39 is 16.1 Å². The Labute approximate surface area is 191 Å². The molecule has 0 aliphatic carbocycles. The summed E-state index contributed by atoms with van der Waals surface area (Å²) >= 11 is 1.06. The third-order valence-electron chi connectivity index (χ3n) is 5.30. The summed E-state index contributed by atoms with van der Waals surface area (Å²) in [6.07, 6.45) is -0.603. The summed E-state index contributed by atoms with van der Waals surface area (Å²) in [5, 5.41) is 32.8. The lowest BCUT2D eigenvalue weighted by Crippen LogP contribution is -2.34. The molecular formula is C18H20N10O3S2. The molecule has 4 aromatic rings. The minimum Gasteiger partial charge on any atom is -0.390 e. The highest BCUT2D eigenvalue weighted by Gasteiger charge is 2.30. The molecule has 3 heterocycles. The first-order chi connectivity index (χ1) is 15.8. The van der Waals surface area contributed by atoms with Crippen LogP contribution < -0.4 is 20.9 Å². The lowest BCUT2D eigenvalue weighted by Gasteiger charge is -2.18. The van der Waals surface area contributed by atoms with Crippen LogP contribution in [0.1, 0.15) is 0 Å². The van der Waals surface area contributed by atoms with Crippen LogP contribution in [0.5, 0.6) is 0 Å². The number of hydrogen-bond acceptors (Lipinski definition) is 11. The number of rotatable bonds is 6. The molecule has 5 rings (SSSR count). The Bertz CT molecular complexity index is 1420. The van der Waals surface area contributed by atoms with Gasteiger partial charge < -0.3 is 21.1 Å². The van der Waals surface area contributed by atoms with E-state index in [9.17, 15) is 13.5 Å². The molecule has 13 nitrogen and oxygen atoms in total. The summed E-state index contributed by atoms with van der Waals surface area (Å²) in [5.41, 5.74) is 8.37. The lowest BCUT2D eigenvalue weighted by atomic mass is 9.98. The molecule has 9 N–H and O–H groups in total. The summed E-state index contributed by atoms with van der Waals surface area (Å²) < 4.78 is 28.8. The Morgan fingerprint density at radius 3 is 2.73 bits per heavy atom. The van der Waals surface area contributed by atoms with E-state index in [0.717, 1.165) is 11.9 Å². The van der Waals surface area contributed by atoms with Gasteiger partial charge in [-0.25, -0.2) is 18.5 Å². The number of benzene rings is 2. The van der Waals surface area contributed by atoms with Gasteiger partial charge in [-0.3, -0.25) is 4.72 Å². The topological polar surface area (TPSA) is 214 Å². The summed E-state index contributed by atoms with van der Waals surface area (Å²) in [6, 6.07) is 8.52. The quantitative estimate of drug-likeness (QED) is 0.173. The molecule has 2 aromatic heterocycles. The smallest absolute Gasteiger partial charge is 0.239 e. The predicted octanol–water partition coefficient (Wildman–Crippen LogP) is -0.431. The molecule has 0 radical (unpaired) electrons. The van der Waals surface area contributed by atoms with Gasteiger partial charge >= 0.3 is 0 Å². The van der Waals surface area contributed by atoms with Crippen molar-refractivity contribution in [2.24, 2.45) is 5.14 Å². The van der Waals surface area contributed by atoms with Gasteiger partial charge in [0.15, 0.2) is 5.95 Å². The lowest BCUT2D eigenvalue weighted by molar-refractivity contribution is 0.174. The number of para-hydroxylation sites is 1. The average Bonchev–Trinajstić information content (AvgIpc) is 3.51. The molecule has 1 aliphatic heterocycles. The highest BCUT2D eigenvalue weighted by atomic mass is 32.2. The number of nitrogens with two attached hydrogens (primary N) is 2. The zero-order chi connectivity index (χ0) is 23.2. The van der Waals surface area contributed by atoms with Gasteiger partial charge in [0.05, 0.1) is 28.7 Å². The summed E-state index contributed by atoms with van der Waals surface area (Å²) in [5.74, 6) is 0.282. The number of nitrogens with zero attached hydrogens (tertiary/aromatic N) is 4. The second-order valence-electron chi connectivity index (χ2n) is 7.47. The third-order valence-corrected chi connectivity index (χ3v) is 7.40. The van der Waals surface area contributed by atoms with E-state index in [0.29, 0.717) is 40.1 Å². The monoisotopic (exact) mass is 488 g/mol. The fraction of sp³-hybridized carbons (Fsp3) is 0.222. The van der Waals surface area contributed by atoms with E-state index >= 15 is 0 Å². The Hall–Kier alpha value is -3.08. The number of nitrogen functional groups attached to an aromatic ring is 1. The van der Waals surface area contributed by atoms with E-state index in [1.54, 1.807) is 24.3 Å². The zero-order valence-corrected chi connectivity index (χ0v) is 18.6. The van der Waals surface area contributed by atoms with Crippen LogP contribution in [0, 0.1) is 0 Å². The van der Waals surface area contributed by atoms with Gasteiger partial charge in [0.25, 0.3) is 0 Å². The number of fused-ring (bicyclic) bond motifs is 1. The maximum Gasteiger partial charge on any atom is 0.239 e.